The van der Waals surface area contributed by atoms with Crippen LogP contribution in [0.25, 0.3) is 72.7 Å². The van der Waals surface area contributed by atoms with Crippen LogP contribution in [-0.4, -0.2) is 19.6 Å². The van der Waals surface area contributed by atoms with E-state index in [9.17, 15) is 5.11 Å². The Bertz CT molecular complexity index is 3420. The molecule has 0 saturated heterocycles. The minimum absolute atomic E-state index is 0. The van der Waals surface area contributed by atoms with Crippen LogP contribution < -0.4 is 0 Å². The van der Waals surface area contributed by atoms with Crippen molar-refractivity contribution in [3.8, 4) is 67.5 Å². The number of hydrogen-bond acceptors (Lipinski definition) is 3. The Morgan fingerprint density at radius 3 is 1.91 bits per heavy atom. The Hall–Kier alpha value is -5.57. The maximum atomic E-state index is 12.5. The van der Waals surface area contributed by atoms with Crippen molar-refractivity contribution in [2.24, 2.45) is 0 Å². The Kier molecular flexibility index (Phi) is 8.81. The third kappa shape index (κ3) is 9.18. The molecule has 64 heavy (non-hydrogen) atoms. The Labute approximate surface area is 413 Å². The molecular weight excluding hydrogens is 962 g/mol. The zero-order valence-electron chi connectivity index (χ0n) is 49.8. The molecule has 0 radical (unpaired) electrons. The fourth-order valence-corrected chi connectivity index (χ4v) is 8.07. The van der Waals surface area contributed by atoms with Gasteiger partial charge in [-0.25, -0.2) is 4.98 Å². The smallest absolute Gasteiger partial charge is 0.148 e. The average Bonchev–Trinajstić information content (AvgIpc) is 3.68. The number of nitrogens with zero attached hydrogens (tertiary/aromatic N) is 3. The van der Waals surface area contributed by atoms with Crippen molar-refractivity contribution in [3.05, 3.63) is 167 Å². The number of aryl methyl sites for hydroxylation is 1. The average molecular weight is 1040 g/mol. The molecule has 2 aromatic heterocycles. The van der Waals surface area contributed by atoms with Gasteiger partial charge in [0.2, 0.25) is 0 Å². The van der Waals surface area contributed by atoms with Crippen LogP contribution in [0.15, 0.2) is 134 Å². The molecule has 0 fully saturated rings. The van der Waals surface area contributed by atoms with Crippen molar-refractivity contribution in [3.63, 3.8) is 0 Å². The molecular formula is C59H62N3OPt-. The van der Waals surface area contributed by atoms with E-state index in [4.69, 9.17) is 26.4 Å². The molecule has 5 heteroatoms. The molecule has 0 aliphatic rings. The standard InChI is InChI=1S/C59H62N3O.Pt/c1-37-29-40(38-19-15-14-16-20-38)25-26-51(37)62-52-24-18-23-47(53(52)61-55(62)48-35-46(58(8,9)10)36-49(54(48)63)59(11,12)13)42-30-43(33-45(32-42)57(5,6)7)50-34-41(27-28-60-50)39-21-17-22-44(31-39)56(2,3)4;/h14-29,31-36,63H,1-13H3;/q-1;/i1D3,2D3,3D3,4D3;. The molecule has 0 amide bonds. The summed E-state index contributed by atoms with van der Waals surface area (Å²) >= 11 is 0. The van der Waals surface area contributed by atoms with Crippen LogP contribution in [0.1, 0.15) is 127 Å². The summed E-state index contributed by atoms with van der Waals surface area (Å²) in [4.78, 5) is 10.2. The second-order valence-electron chi connectivity index (χ2n) is 19.7. The Morgan fingerprint density at radius 1 is 0.562 bits per heavy atom. The van der Waals surface area contributed by atoms with E-state index in [2.05, 4.69) is 47.6 Å². The van der Waals surface area contributed by atoms with Gasteiger partial charge in [0.05, 0.1) is 22.3 Å². The summed E-state index contributed by atoms with van der Waals surface area (Å²) in [6.45, 7) is 5.82. The molecule has 4 nitrogen and oxygen atoms in total. The van der Waals surface area contributed by atoms with E-state index < -0.39 is 43.7 Å². The third-order valence-electron chi connectivity index (χ3n) is 11.7. The molecule has 0 aliphatic heterocycles. The first-order valence-corrected chi connectivity index (χ1v) is 21.3. The SMILES string of the molecule is [2H]C([2H])([2H])c1cc(-c2ccccc2)ccc1-n1c(-c2cc(C(C)(C)C)cc(C(C)(C)C)c2O)nc2c(-c3[c-]c(-c4cc(-c5cccc(C(C([2H])([2H])[2H])(C([2H])([2H])[2H])C([2H])([2H])[2H])c5)ccn4)cc(C(C)(C)C)c3)cccc21.[Pt]. The van der Waals surface area contributed by atoms with Gasteiger partial charge in [0, 0.05) is 55.0 Å². The van der Waals surface area contributed by atoms with Crippen LogP contribution in [0.4, 0.5) is 0 Å². The minimum atomic E-state index is -3.43. The van der Waals surface area contributed by atoms with Crippen molar-refractivity contribution in [2.45, 2.75) is 111 Å². The van der Waals surface area contributed by atoms with E-state index in [0.717, 1.165) is 22.3 Å². The van der Waals surface area contributed by atoms with Crippen molar-refractivity contribution in [1.29, 1.82) is 0 Å². The maximum absolute atomic E-state index is 12.5. The van der Waals surface area contributed by atoms with E-state index in [1.807, 2.05) is 110 Å². The second kappa shape index (κ2) is 17.1. The van der Waals surface area contributed by atoms with Gasteiger partial charge in [-0.1, -0.05) is 179 Å². The molecule has 0 atom stereocenters. The predicted molar refractivity (Wildman–Crippen MR) is 266 cm³/mol. The van der Waals surface area contributed by atoms with Crippen LogP contribution in [0.3, 0.4) is 0 Å². The van der Waals surface area contributed by atoms with Crippen LogP contribution in [0.2, 0.25) is 0 Å². The quantitative estimate of drug-likeness (QED) is 0.169. The number of phenols is 1. The van der Waals surface area contributed by atoms with Gasteiger partial charge in [-0.15, -0.1) is 29.3 Å². The van der Waals surface area contributed by atoms with Crippen LogP contribution in [0.5, 0.6) is 5.75 Å². The number of imidazole rings is 1. The number of fused-ring (bicyclic) bond motifs is 1. The van der Waals surface area contributed by atoms with Gasteiger partial charge >= 0.3 is 0 Å². The minimum Gasteiger partial charge on any atom is -0.507 e. The first-order chi connectivity index (χ1) is 34.5. The first kappa shape index (κ1) is 33.0. The van der Waals surface area contributed by atoms with Crippen LogP contribution >= 0.6 is 0 Å². The molecule has 330 valence electrons. The largest absolute Gasteiger partial charge is 0.507 e. The summed E-state index contributed by atoms with van der Waals surface area (Å²) in [6, 6.07) is 41.5. The predicted octanol–water partition coefficient (Wildman–Crippen LogP) is 15.8. The fourth-order valence-electron chi connectivity index (χ4n) is 8.07. The fraction of sp³-hybridized carbons (Fsp3) is 0.288. The zero-order chi connectivity index (χ0) is 55.2. The molecule has 0 aliphatic carbocycles. The summed E-state index contributed by atoms with van der Waals surface area (Å²) < 4.78 is 104. The van der Waals surface area contributed by atoms with Crippen LogP contribution in [-0.2, 0) is 42.7 Å². The van der Waals surface area contributed by atoms with Crippen LogP contribution in [0, 0.1) is 12.9 Å². The number of benzene rings is 6. The Morgan fingerprint density at radius 2 is 1.22 bits per heavy atom. The summed E-state index contributed by atoms with van der Waals surface area (Å²) in [5.41, 5.74) is 4.64. The van der Waals surface area contributed by atoms with Crippen molar-refractivity contribution < 1.29 is 42.6 Å². The number of para-hydroxylation sites is 1. The van der Waals surface area contributed by atoms with Crippen molar-refractivity contribution >= 4 is 11.0 Å². The number of aromatic hydroxyl groups is 1. The van der Waals surface area contributed by atoms with Gasteiger partial charge in [0.15, 0.2) is 0 Å². The van der Waals surface area contributed by atoms with Crippen molar-refractivity contribution in [2.75, 3.05) is 0 Å². The second-order valence-corrected chi connectivity index (χ2v) is 19.7. The van der Waals surface area contributed by atoms with Gasteiger partial charge < -0.3 is 5.11 Å². The van der Waals surface area contributed by atoms with Crippen molar-refractivity contribution in [1.82, 2.24) is 14.5 Å². The molecule has 0 unspecified atom stereocenters. The summed E-state index contributed by atoms with van der Waals surface area (Å²) in [5.74, 6) is 0.374. The summed E-state index contributed by atoms with van der Waals surface area (Å²) in [5, 5.41) is 12.5. The molecule has 0 spiro atoms. The molecule has 8 aromatic rings. The Balaban J connectivity index is 0.00000840. The number of hydrogen-bond donors (Lipinski definition) is 1. The maximum Gasteiger partial charge on any atom is 0.148 e. The van der Waals surface area contributed by atoms with Gasteiger partial charge in [-0.3, -0.25) is 9.55 Å². The van der Waals surface area contributed by atoms with E-state index in [0.29, 0.717) is 67.2 Å². The molecule has 1 N–H and O–H groups in total. The molecule has 6 aromatic carbocycles. The zero-order valence-corrected chi connectivity index (χ0v) is 40.1. The topological polar surface area (TPSA) is 50.9 Å². The van der Waals surface area contributed by atoms with Gasteiger partial charge in [0.1, 0.15) is 11.6 Å². The normalized spacial score (nSPS) is 16.0. The number of phenolic OH excluding ortho intramolecular Hbond substituents is 1. The monoisotopic (exact) mass is 1040 g/mol. The third-order valence-corrected chi connectivity index (χ3v) is 11.7. The summed E-state index contributed by atoms with van der Waals surface area (Å²) in [7, 11) is 0. The van der Waals surface area contributed by atoms with Gasteiger partial charge in [-0.2, -0.15) is 0 Å². The van der Waals surface area contributed by atoms with E-state index in [-0.39, 0.29) is 43.4 Å². The van der Waals surface area contributed by atoms with E-state index >= 15 is 0 Å². The van der Waals surface area contributed by atoms with Gasteiger partial charge in [0.25, 0.3) is 0 Å². The van der Waals surface area contributed by atoms with Gasteiger partial charge in [-0.05, 0) is 97.8 Å². The summed E-state index contributed by atoms with van der Waals surface area (Å²) in [6.07, 6.45) is 1.57. The van der Waals surface area contributed by atoms with E-state index in [1.54, 1.807) is 30.5 Å². The molecule has 2 heterocycles. The molecule has 0 saturated carbocycles. The number of pyridine rings is 1. The number of aromatic nitrogens is 3. The molecule has 8 rings (SSSR count). The number of rotatable bonds is 6. The van der Waals surface area contributed by atoms with E-state index in [1.165, 1.54) is 18.2 Å². The first-order valence-electron chi connectivity index (χ1n) is 27.3. The molecule has 0 bridgehead atoms.